The number of benzene rings is 1. The molecule has 2 heteroatoms. The van der Waals surface area contributed by atoms with Crippen LogP contribution < -0.4 is 5.73 Å². The second kappa shape index (κ2) is 4.24. The van der Waals surface area contributed by atoms with Crippen molar-refractivity contribution in [1.29, 1.82) is 0 Å². The molecule has 0 amide bonds. The number of hydrogen-bond acceptors (Lipinski definition) is 2. The van der Waals surface area contributed by atoms with E-state index in [4.69, 9.17) is 5.73 Å². The van der Waals surface area contributed by atoms with Crippen LogP contribution in [0.3, 0.4) is 0 Å². The highest BCUT2D eigenvalue weighted by atomic mass is 16.3. The molecule has 0 heterocycles. The van der Waals surface area contributed by atoms with E-state index in [1.807, 2.05) is 37.3 Å². The van der Waals surface area contributed by atoms with Gasteiger partial charge < -0.3 is 10.8 Å². The van der Waals surface area contributed by atoms with Crippen LogP contribution in [0.4, 0.5) is 0 Å². The molecule has 0 aliphatic carbocycles. The van der Waals surface area contributed by atoms with Gasteiger partial charge in [-0.05, 0) is 12.0 Å². The number of hydrogen-bond donors (Lipinski definition) is 2. The quantitative estimate of drug-likeness (QED) is 0.666. The Morgan fingerprint density at radius 3 is 2.33 bits per heavy atom. The summed E-state index contributed by atoms with van der Waals surface area (Å²) in [7, 11) is 0. The molecule has 1 aromatic carbocycles. The third-order valence-corrected chi connectivity index (χ3v) is 2.08. The molecule has 0 aliphatic heterocycles. The lowest BCUT2D eigenvalue weighted by Gasteiger charge is -2.17. The van der Waals surface area contributed by atoms with Crippen molar-refractivity contribution in [2.75, 3.05) is 0 Å². The van der Waals surface area contributed by atoms with Crippen LogP contribution in [-0.4, -0.2) is 11.3 Å². The summed E-state index contributed by atoms with van der Waals surface area (Å²) in [6.45, 7) is 2.02. The van der Waals surface area contributed by atoms with E-state index in [0.717, 1.165) is 12.0 Å². The van der Waals surface area contributed by atoms with Gasteiger partial charge in [-0.25, -0.2) is 0 Å². The SMILES string of the molecule is CCC(c1ccccc1)C(N)O. The lowest BCUT2D eigenvalue weighted by atomic mass is 9.95. The van der Waals surface area contributed by atoms with E-state index < -0.39 is 6.23 Å². The molecule has 0 aliphatic rings. The van der Waals surface area contributed by atoms with Crippen LogP contribution in [-0.2, 0) is 0 Å². The number of rotatable bonds is 3. The molecule has 0 radical (unpaired) electrons. The van der Waals surface area contributed by atoms with Crippen LogP contribution in [0.15, 0.2) is 30.3 Å². The lowest BCUT2D eigenvalue weighted by molar-refractivity contribution is 0.147. The predicted molar refractivity (Wildman–Crippen MR) is 49.7 cm³/mol. The summed E-state index contributed by atoms with van der Waals surface area (Å²) in [6.07, 6.45) is 0.110. The molecular weight excluding hydrogens is 150 g/mol. The van der Waals surface area contributed by atoms with Gasteiger partial charge in [-0.1, -0.05) is 37.3 Å². The topological polar surface area (TPSA) is 46.2 Å². The van der Waals surface area contributed by atoms with E-state index >= 15 is 0 Å². The van der Waals surface area contributed by atoms with Gasteiger partial charge in [-0.2, -0.15) is 0 Å². The molecule has 0 fully saturated rings. The van der Waals surface area contributed by atoms with Crippen LogP contribution in [0, 0.1) is 0 Å². The standard InChI is InChI=1S/C10H15NO/c1-2-9(10(11)12)8-6-4-3-5-7-8/h3-7,9-10,12H,2,11H2,1H3. The van der Waals surface area contributed by atoms with Crippen LogP contribution in [0.2, 0.25) is 0 Å². The first-order valence-electron chi connectivity index (χ1n) is 4.24. The van der Waals surface area contributed by atoms with E-state index in [2.05, 4.69) is 0 Å². The van der Waals surface area contributed by atoms with Crippen LogP contribution in [0.1, 0.15) is 24.8 Å². The Labute approximate surface area is 73.0 Å². The molecule has 2 atom stereocenters. The highest BCUT2D eigenvalue weighted by Crippen LogP contribution is 2.20. The minimum Gasteiger partial charge on any atom is -0.378 e. The van der Waals surface area contributed by atoms with Gasteiger partial charge >= 0.3 is 0 Å². The zero-order valence-corrected chi connectivity index (χ0v) is 7.27. The molecule has 0 bridgehead atoms. The molecule has 2 nitrogen and oxygen atoms in total. The molecule has 2 unspecified atom stereocenters. The third kappa shape index (κ3) is 2.06. The molecule has 0 spiro atoms. The molecule has 3 N–H and O–H groups in total. The molecule has 0 aromatic heterocycles. The van der Waals surface area contributed by atoms with Crippen molar-refractivity contribution < 1.29 is 5.11 Å². The summed E-state index contributed by atoms with van der Waals surface area (Å²) in [5, 5.41) is 9.24. The largest absolute Gasteiger partial charge is 0.378 e. The van der Waals surface area contributed by atoms with E-state index in [1.54, 1.807) is 0 Å². The van der Waals surface area contributed by atoms with E-state index in [-0.39, 0.29) is 5.92 Å². The summed E-state index contributed by atoms with van der Waals surface area (Å²) in [5.74, 6) is 0.0613. The molecule has 12 heavy (non-hydrogen) atoms. The van der Waals surface area contributed by atoms with Gasteiger partial charge in [0, 0.05) is 5.92 Å². The van der Waals surface area contributed by atoms with Crippen molar-refractivity contribution in [3.8, 4) is 0 Å². The first-order valence-corrected chi connectivity index (χ1v) is 4.24. The summed E-state index contributed by atoms with van der Waals surface area (Å²) in [6, 6.07) is 9.86. The van der Waals surface area contributed by atoms with Gasteiger partial charge in [0.05, 0.1) is 0 Å². The van der Waals surface area contributed by atoms with Crippen molar-refractivity contribution in [2.24, 2.45) is 5.73 Å². The van der Waals surface area contributed by atoms with Crippen LogP contribution >= 0.6 is 0 Å². The van der Waals surface area contributed by atoms with Crippen molar-refractivity contribution in [3.05, 3.63) is 35.9 Å². The minimum atomic E-state index is -0.752. The van der Waals surface area contributed by atoms with Crippen molar-refractivity contribution in [2.45, 2.75) is 25.5 Å². The normalized spacial score (nSPS) is 15.6. The fraction of sp³-hybridized carbons (Fsp3) is 0.400. The van der Waals surface area contributed by atoms with E-state index in [9.17, 15) is 5.11 Å². The summed E-state index contributed by atoms with van der Waals surface area (Å²) in [5.41, 5.74) is 6.54. The van der Waals surface area contributed by atoms with Crippen molar-refractivity contribution in [1.82, 2.24) is 0 Å². The molecular formula is C10H15NO. The van der Waals surface area contributed by atoms with Crippen molar-refractivity contribution >= 4 is 0 Å². The monoisotopic (exact) mass is 165 g/mol. The number of aliphatic hydroxyl groups excluding tert-OH is 1. The smallest absolute Gasteiger partial charge is 0.109 e. The minimum absolute atomic E-state index is 0.0613. The third-order valence-electron chi connectivity index (χ3n) is 2.08. The lowest BCUT2D eigenvalue weighted by Crippen LogP contribution is -2.27. The Morgan fingerprint density at radius 1 is 1.33 bits per heavy atom. The maximum absolute atomic E-state index is 9.24. The summed E-state index contributed by atoms with van der Waals surface area (Å²) < 4.78 is 0. The van der Waals surface area contributed by atoms with Crippen LogP contribution in [0.25, 0.3) is 0 Å². The number of nitrogens with two attached hydrogens (primary N) is 1. The van der Waals surface area contributed by atoms with Gasteiger partial charge in [0.1, 0.15) is 6.23 Å². The average molecular weight is 165 g/mol. The molecule has 0 saturated carbocycles. The number of aliphatic hydroxyl groups is 1. The molecule has 0 saturated heterocycles. The van der Waals surface area contributed by atoms with Gasteiger partial charge in [0.15, 0.2) is 0 Å². The van der Waals surface area contributed by atoms with E-state index in [1.165, 1.54) is 0 Å². The Balaban J connectivity index is 2.80. The molecule has 1 aromatic rings. The molecule has 66 valence electrons. The summed E-state index contributed by atoms with van der Waals surface area (Å²) >= 11 is 0. The Morgan fingerprint density at radius 2 is 1.92 bits per heavy atom. The first kappa shape index (κ1) is 9.23. The van der Waals surface area contributed by atoms with Crippen molar-refractivity contribution in [3.63, 3.8) is 0 Å². The predicted octanol–water partition coefficient (Wildman–Crippen LogP) is 1.46. The second-order valence-corrected chi connectivity index (χ2v) is 2.92. The maximum Gasteiger partial charge on any atom is 0.109 e. The Kier molecular flexibility index (Phi) is 3.26. The van der Waals surface area contributed by atoms with Gasteiger partial charge in [-0.3, -0.25) is 0 Å². The van der Waals surface area contributed by atoms with Gasteiger partial charge in [-0.15, -0.1) is 0 Å². The maximum atomic E-state index is 9.24. The highest BCUT2D eigenvalue weighted by molar-refractivity contribution is 5.20. The highest BCUT2D eigenvalue weighted by Gasteiger charge is 2.14. The summed E-state index contributed by atoms with van der Waals surface area (Å²) in [4.78, 5) is 0. The van der Waals surface area contributed by atoms with E-state index in [0.29, 0.717) is 0 Å². The fourth-order valence-corrected chi connectivity index (χ4v) is 1.37. The second-order valence-electron chi connectivity index (χ2n) is 2.92. The fourth-order valence-electron chi connectivity index (χ4n) is 1.37. The zero-order chi connectivity index (χ0) is 8.97. The van der Waals surface area contributed by atoms with Crippen LogP contribution in [0.5, 0.6) is 0 Å². The molecule has 1 rings (SSSR count). The van der Waals surface area contributed by atoms with Gasteiger partial charge in [0.25, 0.3) is 0 Å². The zero-order valence-electron chi connectivity index (χ0n) is 7.27. The average Bonchev–Trinajstić information content (AvgIpc) is 2.07. The van der Waals surface area contributed by atoms with Gasteiger partial charge in [0.2, 0.25) is 0 Å². The Hall–Kier alpha value is -0.860. The Bertz CT molecular complexity index is 221. The first-order chi connectivity index (χ1) is 5.75.